The lowest BCUT2D eigenvalue weighted by atomic mass is 10.0. The van der Waals surface area contributed by atoms with Crippen LogP contribution in [0.5, 0.6) is 0 Å². The quantitative estimate of drug-likeness (QED) is 0.302. The van der Waals surface area contributed by atoms with Crippen LogP contribution in [0.15, 0.2) is 30.3 Å². The summed E-state index contributed by atoms with van der Waals surface area (Å²) in [6, 6.07) is 7.37. The Morgan fingerprint density at radius 3 is 2.20 bits per heavy atom. The number of carboxylic acids is 1. The van der Waals surface area contributed by atoms with Crippen LogP contribution in [0.25, 0.3) is 0 Å². The first-order valence-corrected chi connectivity index (χ1v) is 9.35. The first-order valence-electron chi connectivity index (χ1n) is 7.74. The van der Waals surface area contributed by atoms with E-state index in [1.807, 2.05) is 6.07 Å². The summed E-state index contributed by atoms with van der Waals surface area (Å²) in [5.74, 6) is -2.71. The summed E-state index contributed by atoms with van der Waals surface area (Å²) in [4.78, 5) is 34.6. The molecule has 0 unspecified atom stereocenters. The van der Waals surface area contributed by atoms with E-state index in [0.717, 1.165) is 0 Å². The van der Waals surface area contributed by atoms with Crippen molar-refractivity contribution >= 4 is 27.8 Å². The second-order valence-corrected chi connectivity index (χ2v) is 7.10. The highest BCUT2D eigenvalue weighted by Crippen LogP contribution is 2.08. The first kappa shape index (κ1) is 20.8. The van der Waals surface area contributed by atoms with E-state index < -0.39 is 40.2 Å². The molecule has 1 amide bonds. The van der Waals surface area contributed by atoms with Crippen molar-refractivity contribution in [1.29, 1.82) is 0 Å². The van der Waals surface area contributed by atoms with Crippen LogP contribution in [0.1, 0.15) is 42.5 Å². The van der Waals surface area contributed by atoms with Crippen molar-refractivity contribution in [3.8, 4) is 0 Å². The van der Waals surface area contributed by atoms with Gasteiger partial charge in [-0.1, -0.05) is 30.3 Å². The fourth-order valence-corrected chi connectivity index (χ4v) is 2.66. The zero-order valence-corrected chi connectivity index (χ0v) is 14.4. The van der Waals surface area contributed by atoms with Crippen LogP contribution in [0, 0.1) is 0 Å². The topological polar surface area (TPSA) is 138 Å². The van der Waals surface area contributed by atoms with Crippen LogP contribution in [0.3, 0.4) is 0 Å². The summed E-state index contributed by atoms with van der Waals surface area (Å²) in [5, 5.41) is 11.2. The lowest BCUT2D eigenvalue weighted by Crippen LogP contribution is -2.41. The second kappa shape index (κ2) is 9.90. The number of benzene rings is 1. The minimum atomic E-state index is -4.30. The molecule has 0 aromatic heterocycles. The van der Waals surface area contributed by atoms with E-state index in [1.165, 1.54) is 0 Å². The van der Waals surface area contributed by atoms with Gasteiger partial charge in [0.2, 0.25) is 5.91 Å². The SMILES string of the molecule is O=C(CCCCC(=O)c1ccccc1)N[C@@H](CCS(=O)(=O)O)C(=O)O. The van der Waals surface area contributed by atoms with Crippen molar-refractivity contribution < 1.29 is 32.5 Å². The summed E-state index contributed by atoms with van der Waals surface area (Å²) >= 11 is 0. The second-order valence-electron chi connectivity index (χ2n) is 5.53. The van der Waals surface area contributed by atoms with Crippen LogP contribution in [-0.2, 0) is 19.7 Å². The summed E-state index contributed by atoms with van der Waals surface area (Å²) in [5.41, 5.74) is 0.600. The van der Waals surface area contributed by atoms with Crippen molar-refractivity contribution in [1.82, 2.24) is 5.32 Å². The molecule has 9 heteroatoms. The van der Waals surface area contributed by atoms with E-state index in [1.54, 1.807) is 24.3 Å². The Kier molecular flexibility index (Phi) is 8.23. The maximum atomic E-state index is 11.9. The number of carboxylic acid groups (broad SMARTS) is 1. The van der Waals surface area contributed by atoms with E-state index in [-0.39, 0.29) is 18.6 Å². The third-order valence-corrected chi connectivity index (χ3v) is 4.20. The molecular formula is C16H21NO7S. The van der Waals surface area contributed by atoms with Gasteiger partial charge in [0.1, 0.15) is 6.04 Å². The lowest BCUT2D eigenvalue weighted by molar-refractivity contribution is -0.141. The van der Waals surface area contributed by atoms with Crippen LogP contribution in [0.4, 0.5) is 0 Å². The van der Waals surface area contributed by atoms with Crippen molar-refractivity contribution in [2.75, 3.05) is 5.75 Å². The molecule has 25 heavy (non-hydrogen) atoms. The Bertz CT molecular complexity index is 700. The molecule has 1 atom stereocenters. The highest BCUT2D eigenvalue weighted by Gasteiger charge is 2.22. The predicted octanol–water partition coefficient (Wildman–Crippen LogP) is 1.28. The number of amides is 1. The Morgan fingerprint density at radius 1 is 1.04 bits per heavy atom. The Labute approximate surface area is 146 Å². The molecule has 0 heterocycles. The molecule has 0 fully saturated rings. The zero-order chi connectivity index (χ0) is 18.9. The maximum absolute atomic E-state index is 11.9. The number of aliphatic carboxylic acids is 1. The number of rotatable bonds is 11. The normalized spacial score (nSPS) is 12.4. The van der Waals surface area contributed by atoms with Gasteiger partial charge in [-0.15, -0.1) is 0 Å². The number of hydrogen-bond acceptors (Lipinski definition) is 5. The van der Waals surface area contributed by atoms with Crippen molar-refractivity contribution in [2.24, 2.45) is 0 Å². The molecule has 0 aliphatic rings. The molecule has 8 nitrogen and oxygen atoms in total. The van der Waals surface area contributed by atoms with Gasteiger partial charge in [0, 0.05) is 18.4 Å². The average molecular weight is 371 g/mol. The van der Waals surface area contributed by atoms with Crippen LogP contribution >= 0.6 is 0 Å². The van der Waals surface area contributed by atoms with Gasteiger partial charge < -0.3 is 10.4 Å². The number of carbonyl (C=O) groups is 3. The highest BCUT2D eigenvalue weighted by molar-refractivity contribution is 7.85. The molecule has 138 valence electrons. The van der Waals surface area contributed by atoms with Crippen LogP contribution < -0.4 is 5.32 Å². The van der Waals surface area contributed by atoms with Gasteiger partial charge in [-0.2, -0.15) is 8.42 Å². The lowest BCUT2D eigenvalue weighted by Gasteiger charge is -2.13. The third-order valence-electron chi connectivity index (χ3n) is 3.45. The molecule has 1 rings (SSSR count). The Hall–Kier alpha value is -2.26. The van der Waals surface area contributed by atoms with Gasteiger partial charge in [0.15, 0.2) is 5.78 Å². The van der Waals surface area contributed by atoms with Crippen LogP contribution in [-0.4, -0.2) is 47.5 Å². The van der Waals surface area contributed by atoms with Crippen molar-refractivity contribution in [3.63, 3.8) is 0 Å². The molecule has 0 saturated carbocycles. The Morgan fingerprint density at radius 2 is 1.64 bits per heavy atom. The fourth-order valence-electron chi connectivity index (χ4n) is 2.13. The zero-order valence-electron chi connectivity index (χ0n) is 13.6. The number of nitrogens with one attached hydrogen (secondary N) is 1. The molecule has 0 radical (unpaired) electrons. The standard InChI is InChI=1S/C16H21NO7S/c18-14(12-6-2-1-3-7-12)8-4-5-9-15(19)17-13(16(20)21)10-11-25(22,23)24/h1-3,6-7,13H,4-5,8-11H2,(H,17,19)(H,20,21)(H,22,23,24)/t13-/m0/s1. The summed E-state index contributed by atoms with van der Waals surface area (Å²) in [6.07, 6.45) is 0.755. The van der Waals surface area contributed by atoms with Gasteiger partial charge in [0.25, 0.3) is 10.1 Å². The van der Waals surface area contributed by atoms with E-state index in [4.69, 9.17) is 9.66 Å². The molecule has 3 N–H and O–H groups in total. The van der Waals surface area contributed by atoms with E-state index >= 15 is 0 Å². The molecule has 1 aromatic carbocycles. The molecule has 1 aromatic rings. The number of unbranched alkanes of at least 4 members (excludes halogenated alkanes) is 1. The van der Waals surface area contributed by atoms with Gasteiger partial charge in [-0.25, -0.2) is 4.79 Å². The monoisotopic (exact) mass is 371 g/mol. The largest absolute Gasteiger partial charge is 0.480 e. The van der Waals surface area contributed by atoms with E-state index in [9.17, 15) is 22.8 Å². The molecule has 0 spiro atoms. The molecule has 0 aliphatic carbocycles. The number of carbonyl (C=O) groups excluding carboxylic acids is 2. The first-order chi connectivity index (χ1) is 11.7. The van der Waals surface area contributed by atoms with Crippen molar-refractivity contribution in [3.05, 3.63) is 35.9 Å². The minimum absolute atomic E-state index is 0.0255. The number of hydrogen-bond donors (Lipinski definition) is 3. The van der Waals surface area contributed by atoms with Gasteiger partial charge >= 0.3 is 5.97 Å². The number of ketones is 1. The van der Waals surface area contributed by atoms with Gasteiger partial charge in [-0.05, 0) is 19.3 Å². The van der Waals surface area contributed by atoms with Crippen molar-refractivity contribution in [2.45, 2.75) is 38.1 Å². The van der Waals surface area contributed by atoms with E-state index in [0.29, 0.717) is 18.4 Å². The average Bonchev–Trinajstić information content (AvgIpc) is 2.55. The van der Waals surface area contributed by atoms with Gasteiger partial charge in [0.05, 0.1) is 5.75 Å². The molecule has 0 saturated heterocycles. The molecular weight excluding hydrogens is 350 g/mol. The summed E-state index contributed by atoms with van der Waals surface area (Å²) in [7, 11) is -4.30. The summed E-state index contributed by atoms with van der Waals surface area (Å²) in [6.45, 7) is 0. The maximum Gasteiger partial charge on any atom is 0.326 e. The number of Topliss-reactive ketones (excluding diaryl/α,β-unsaturated/α-hetero) is 1. The van der Waals surface area contributed by atoms with Crippen LogP contribution in [0.2, 0.25) is 0 Å². The highest BCUT2D eigenvalue weighted by atomic mass is 32.2. The molecule has 0 aliphatic heterocycles. The third kappa shape index (κ3) is 8.96. The smallest absolute Gasteiger partial charge is 0.326 e. The predicted molar refractivity (Wildman–Crippen MR) is 89.8 cm³/mol. The van der Waals surface area contributed by atoms with E-state index in [2.05, 4.69) is 5.32 Å². The fraction of sp³-hybridized carbons (Fsp3) is 0.438. The summed E-state index contributed by atoms with van der Waals surface area (Å²) < 4.78 is 29.9. The Balaban J connectivity index is 2.33. The minimum Gasteiger partial charge on any atom is -0.480 e. The van der Waals surface area contributed by atoms with Gasteiger partial charge in [-0.3, -0.25) is 14.1 Å². The molecule has 0 bridgehead atoms.